The van der Waals surface area contributed by atoms with E-state index in [0.717, 1.165) is 16.5 Å². The summed E-state index contributed by atoms with van der Waals surface area (Å²) < 4.78 is 1.02. The van der Waals surface area contributed by atoms with Crippen LogP contribution >= 0.6 is 27.5 Å². The smallest absolute Gasteiger partial charge is 0.224 e. The molecule has 0 bridgehead atoms. The Kier molecular flexibility index (Phi) is 5.47. The lowest BCUT2D eigenvalue weighted by Gasteiger charge is -2.25. The molecule has 0 radical (unpaired) electrons. The molecule has 1 aromatic carbocycles. The van der Waals surface area contributed by atoms with Gasteiger partial charge in [-0.2, -0.15) is 0 Å². The van der Waals surface area contributed by atoms with Crippen LogP contribution in [0.5, 0.6) is 0 Å². The summed E-state index contributed by atoms with van der Waals surface area (Å²) in [5.74, 6) is 0.577. The van der Waals surface area contributed by atoms with Gasteiger partial charge in [0, 0.05) is 15.9 Å². The predicted molar refractivity (Wildman–Crippen MR) is 75.4 cm³/mol. The van der Waals surface area contributed by atoms with E-state index in [-0.39, 0.29) is 11.4 Å². The van der Waals surface area contributed by atoms with Crippen molar-refractivity contribution in [2.24, 2.45) is 0 Å². The van der Waals surface area contributed by atoms with Gasteiger partial charge in [0.1, 0.15) is 0 Å². The maximum atomic E-state index is 11.8. The van der Waals surface area contributed by atoms with E-state index in [9.17, 15) is 4.79 Å². The average Bonchev–Trinajstić information content (AvgIpc) is 2.20. The number of halogens is 2. The van der Waals surface area contributed by atoms with E-state index >= 15 is 0 Å². The minimum absolute atomic E-state index is 0.0300. The standard InChI is InChI=1S/C13H17BrClNO/c1-13(2,7-8-15)16-12(17)9-10-3-5-11(14)6-4-10/h3-6H,7-9H2,1-2H3,(H,16,17). The maximum absolute atomic E-state index is 11.8. The number of amides is 1. The molecule has 1 amide bonds. The molecule has 0 aromatic heterocycles. The van der Waals surface area contributed by atoms with Gasteiger partial charge in [-0.1, -0.05) is 28.1 Å². The van der Waals surface area contributed by atoms with Gasteiger partial charge in [0.2, 0.25) is 5.91 Å². The molecule has 0 unspecified atom stereocenters. The number of carbonyl (C=O) groups is 1. The van der Waals surface area contributed by atoms with E-state index in [1.165, 1.54) is 0 Å². The van der Waals surface area contributed by atoms with Gasteiger partial charge in [-0.15, -0.1) is 11.6 Å². The highest BCUT2D eigenvalue weighted by Gasteiger charge is 2.19. The molecule has 0 atom stereocenters. The zero-order valence-electron chi connectivity index (χ0n) is 10.1. The molecule has 1 N–H and O–H groups in total. The molecule has 1 rings (SSSR count). The first-order chi connectivity index (χ1) is 7.93. The summed E-state index contributed by atoms with van der Waals surface area (Å²) in [6, 6.07) is 7.76. The fourth-order valence-corrected chi connectivity index (χ4v) is 2.24. The minimum Gasteiger partial charge on any atom is -0.351 e. The van der Waals surface area contributed by atoms with Crippen LogP contribution in [0.4, 0.5) is 0 Å². The van der Waals surface area contributed by atoms with E-state index < -0.39 is 0 Å². The number of hydrogen-bond donors (Lipinski definition) is 1. The third-order valence-electron chi connectivity index (χ3n) is 2.48. The fraction of sp³-hybridized carbons (Fsp3) is 0.462. The molecule has 4 heteroatoms. The maximum Gasteiger partial charge on any atom is 0.224 e. The highest BCUT2D eigenvalue weighted by molar-refractivity contribution is 9.10. The van der Waals surface area contributed by atoms with Crippen LogP contribution in [-0.4, -0.2) is 17.3 Å². The van der Waals surface area contributed by atoms with Crippen molar-refractivity contribution in [2.45, 2.75) is 32.2 Å². The first-order valence-electron chi connectivity index (χ1n) is 5.54. The summed E-state index contributed by atoms with van der Waals surface area (Å²) >= 11 is 9.06. The Balaban J connectivity index is 2.52. The molecule has 1 aromatic rings. The molecule has 0 aliphatic carbocycles. The van der Waals surface area contributed by atoms with Crippen LogP contribution in [0.3, 0.4) is 0 Å². The second-order valence-electron chi connectivity index (χ2n) is 4.67. The molecule has 0 saturated carbocycles. The van der Waals surface area contributed by atoms with Crippen molar-refractivity contribution in [2.75, 3.05) is 5.88 Å². The van der Waals surface area contributed by atoms with Gasteiger partial charge in [-0.3, -0.25) is 4.79 Å². The largest absolute Gasteiger partial charge is 0.351 e. The lowest BCUT2D eigenvalue weighted by molar-refractivity contribution is -0.122. The van der Waals surface area contributed by atoms with Crippen molar-refractivity contribution in [3.8, 4) is 0 Å². The fourth-order valence-electron chi connectivity index (χ4n) is 1.51. The van der Waals surface area contributed by atoms with Crippen LogP contribution in [0.25, 0.3) is 0 Å². The molecule has 0 spiro atoms. The van der Waals surface area contributed by atoms with Gasteiger partial charge in [0.15, 0.2) is 0 Å². The van der Waals surface area contributed by atoms with Crippen molar-refractivity contribution in [1.29, 1.82) is 0 Å². The van der Waals surface area contributed by atoms with Crippen LogP contribution in [0.1, 0.15) is 25.8 Å². The second-order valence-corrected chi connectivity index (χ2v) is 5.97. The Morgan fingerprint density at radius 3 is 2.47 bits per heavy atom. The van der Waals surface area contributed by atoms with Crippen molar-refractivity contribution in [1.82, 2.24) is 5.32 Å². The second kappa shape index (κ2) is 6.41. The number of carbonyl (C=O) groups excluding carboxylic acids is 1. The van der Waals surface area contributed by atoms with Crippen molar-refractivity contribution >= 4 is 33.4 Å². The third kappa shape index (κ3) is 5.55. The van der Waals surface area contributed by atoms with Crippen LogP contribution in [-0.2, 0) is 11.2 Å². The average molecular weight is 319 g/mol. The molecule has 94 valence electrons. The predicted octanol–water partition coefficient (Wildman–Crippen LogP) is 3.52. The first kappa shape index (κ1) is 14.5. The molecular formula is C13H17BrClNO. The van der Waals surface area contributed by atoms with E-state index in [0.29, 0.717) is 12.3 Å². The van der Waals surface area contributed by atoms with Crippen LogP contribution in [0, 0.1) is 0 Å². The Morgan fingerprint density at radius 1 is 1.35 bits per heavy atom. The summed E-state index contributed by atoms with van der Waals surface area (Å²) in [4.78, 5) is 11.8. The Labute approximate surface area is 116 Å². The van der Waals surface area contributed by atoms with E-state index in [2.05, 4.69) is 21.2 Å². The molecule has 0 aliphatic heterocycles. The van der Waals surface area contributed by atoms with E-state index in [1.54, 1.807) is 0 Å². The highest BCUT2D eigenvalue weighted by atomic mass is 79.9. The zero-order chi connectivity index (χ0) is 12.9. The topological polar surface area (TPSA) is 29.1 Å². The van der Waals surface area contributed by atoms with Gasteiger partial charge >= 0.3 is 0 Å². The lowest BCUT2D eigenvalue weighted by Crippen LogP contribution is -2.44. The zero-order valence-corrected chi connectivity index (χ0v) is 12.4. The summed E-state index contributed by atoms with van der Waals surface area (Å²) in [6.45, 7) is 3.96. The number of hydrogen-bond acceptors (Lipinski definition) is 1. The van der Waals surface area contributed by atoms with Gasteiger partial charge < -0.3 is 5.32 Å². The quantitative estimate of drug-likeness (QED) is 0.827. The van der Waals surface area contributed by atoms with Gasteiger partial charge in [-0.05, 0) is 38.0 Å². The first-order valence-corrected chi connectivity index (χ1v) is 6.87. The van der Waals surface area contributed by atoms with Gasteiger partial charge in [0.05, 0.1) is 6.42 Å². The van der Waals surface area contributed by atoms with Crippen LogP contribution in [0.15, 0.2) is 28.7 Å². The Bertz CT molecular complexity index is 376. The summed E-state index contributed by atoms with van der Waals surface area (Å²) in [6.07, 6.45) is 1.17. The summed E-state index contributed by atoms with van der Waals surface area (Å²) in [5, 5.41) is 2.99. The molecule has 0 heterocycles. The van der Waals surface area contributed by atoms with E-state index in [1.807, 2.05) is 38.1 Å². The van der Waals surface area contributed by atoms with E-state index in [4.69, 9.17) is 11.6 Å². The molecular weight excluding hydrogens is 302 g/mol. The number of benzene rings is 1. The number of nitrogens with one attached hydrogen (secondary N) is 1. The van der Waals surface area contributed by atoms with Crippen molar-refractivity contribution in [3.05, 3.63) is 34.3 Å². The summed E-state index contributed by atoms with van der Waals surface area (Å²) in [7, 11) is 0. The SMILES string of the molecule is CC(C)(CCCl)NC(=O)Cc1ccc(Br)cc1. The monoisotopic (exact) mass is 317 g/mol. The number of rotatable bonds is 5. The minimum atomic E-state index is -0.242. The van der Waals surface area contributed by atoms with Gasteiger partial charge in [0.25, 0.3) is 0 Å². The lowest BCUT2D eigenvalue weighted by atomic mass is 10.0. The van der Waals surface area contributed by atoms with Crippen molar-refractivity contribution in [3.63, 3.8) is 0 Å². The molecule has 0 saturated heterocycles. The van der Waals surface area contributed by atoms with Crippen molar-refractivity contribution < 1.29 is 4.79 Å². The Morgan fingerprint density at radius 2 is 1.94 bits per heavy atom. The Hall–Kier alpha value is -0.540. The third-order valence-corrected chi connectivity index (χ3v) is 3.19. The number of alkyl halides is 1. The summed E-state index contributed by atoms with van der Waals surface area (Å²) in [5.41, 5.74) is 0.765. The highest BCUT2D eigenvalue weighted by Crippen LogP contribution is 2.12. The molecule has 0 aliphatic rings. The van der Waals surface area contributed by atoms with Crippen LogP contribution < -0.4 is 5.32 Å². The van der Waals surface area contributed by atoms with Gasteiger partial charge in [-0.25, -0.2) is 0 Å². The van der Waals surface area contributed by atoms with Crippen LogP contribution in [0.2, 0.25) is 0 Å². The normalized spacial score (nSPS) is 11.3. The molecule has 2 nitrogen and oxygen atoms in total. The molecule has 17 heavy (non-hydrogen) atoms. The molecule has 0 fully saturated rings.